The van der Waals surface area contributed by atoms with Crippen molar-refractivity contribution in [2.45, 2.75) is 25.0 Å². The van der Waals surface area contributed by atoms with Crippen molar-refractivity contribution in [3.8, 4) is 0 Å². The molecule has 1 heterocycles. The van der Waals surface area contributed by atoms with Crippen LogP contribution >= 0.6 is 0 Å². The van der Waals surface area contributed by atoms with Gasteiger partial charge in [0, 0.05) is 26.2 Å². The lowest BCUT2D eigenvalue weighted by Crippen LogP contribution is -2.46. The highest BCUT2D eigenvalue weighted by Gasteiger charge is 2.18. The molecule has 0 aromatic carbocycles. The highest BCUT2D eigenvalue weighted by molar-refractivity contribution is 4.76. The highest BCUT2D eigenvalue weighted by atomic mass is 16.5. The third kappa shape index (κ3) is 5.77. The fourth-order valence-electron chi connectivity index (χ4n) is 1.97. The number of hydrogen-bond acceptors (Lipinski definition) is 5. The second kappa shape index (κ2) is 7.97. The van der Waals surface area contributed by atoms with E-state index in [0.29, 0.717) is 26.4 Å². The fourth-order valence-corrected chi connectivity index (χ4v) is 1.97. The largest absolute Gasteiger partial charge is 0.389 e. The van der Waals surface area contributed by atoms with E-state index in [4.69, 9.17) is 15.2 Å². The third-order valence-corrected chi connectivity index (χ3v) is 2.75. The molecule has 1 rings (SSSR count). The van der Waals surface area contributed by atoms with Crippen molar-refractivity contribution in [3.63, 3.8) is 0 Å². The molecule has 0 aliphatic carbocycles. The summed E-state index contributed by atoms with van der Waals surface area (Å²) in [6.45, 7) is 4.04. The van der Waals surface area contributed by atoms with Crippen molar-refractivity contribution in [2.75, 3.05) is 46.6 Å². The molecule has 0 aromatic rings. The van der Waals surface area contributed by atoms with Crippen molar-refractivity contribution in [1.29, 1.82) is 0 Å². The summed E-state index contributed by atoms with van der Waals surface area (Å²) in [6.07, 6.45) is 1.79. The molecule has 3 N–H and O–H groups in total. The van der Waals surface area contributed by atoms with E-state index in [-0.39, 0.29) is 6.04 Å². The standard InChI is InChI=1S/C11H24N2O3/c1-15-5-6-16-9-11(14)8-13-4-2-3-10(12)7-13/h10-11,14H,2-9,12H2,1H3/t10-,11?/m1/s1. The minimum Gasteiger partial charge on any atom is -0.389 e. The lowest BCUT2D eigenvalue weighted by Gasteiger charge is -2.31. The number of methoxy groups -OCH3 is 1. The molecule has 0 amide bonds. The molecule has 0 radical (unpaired) electrons. The third-order valence-electron chi connectivity index (χ3n) is 2.75. The van der Waals surface area contributed by atoms with Gasteiger partial charge in [0.25, 0.3) is 0 Å². The van der Waals surface area contributed by atoms with Gasteiger partial charge in [-0.3, -0.25) is 4.90 Å². The minimum absolute atomic E-state index is 0.260. The van der Waals surface area contributed by atoms with Crippen LogP contribution in [0.2, 0.25) is 0 Å². The molecule has 5 nitrogen and oxygen atoms in total. The van der Waals surface area contributed by atoms with Gasteiger partial charge in [-0.25, -0.2) is 0 Å². The predicted octanol–water partition coefficient (Wildman–Crippen LogP) is -0.567. The maximum absolute atomic E-state index is 9.74. The van der Waals surface area contributed by atoms with Gasteiger partial charge in [0.2, 0.25) is 0 Å². The molecule has 0 aromatic heterocycles. The number of ether oxygens (including phenoxy) is 2. The number of likely N-dealkylation sites (tertiary alicyclic amines) is 1. The number of β-amino-alcohol motifs (C(OH)–C–C–N with tert-alkyl or cyclic N) is 1. The molecule has 96 valence electrons. The Morgan fingerprint density at radius 1 is 1.50 bits per heavy atom. The summed E-state index contributed by atoms with van der Waals surface area (Å²) in [6, 6.07) is 0.260. The number of hydrogen-bond donors (Lipinski definition) is 2. The van der Waals surface area contributed by atoms with E-state index in [1.54, 1.807) is 7.11 Å². The zero-order valence-electron chi connectivity index (χ0n) is 10.1. The second-order valence-electron chi connectivity index (χ2n) is 4.38. The summed E-state index contributed by atoms with van der Waals surface area (Å²) < 4.78 is 10.1. The summed E-state index contributed by atoms with van der Waals surface area (Å²) in [7, 11) is 1.63. The molecule has 1 fully saturated rings. The van der Waals surface area contributed by atoms with Gasteiger partial charge < -0.3 is 20.3 Å². The van der Waals surface area contributed by atoms with E-state index >= 15 is 0 Å². The normalized spacial score (nSPS) is 24.6. The second-order valence-corrected chi connectivity index (χ2v) is 4.38. The Morgan fingerprint density at radius 3 is 3.00 bits per heavy atom. The number of aliphatic hydroxyl groups excluding tert-OH is 1. The molecule has 0 spiro atoms. The zero-order chi connectivity index (χ0) is 11.8. The molecule has 1 unspecified atom stereocenters. The van der Waals surface area contributed by atoms with Crippen LogP contribution in [0.4, 0.5) is 0 Å². The quantitative estimate of drug-likeness (QED) is 0.576. The van der Waals surface area contributed by atoms with Crippen LogP contribution in [0.5, 0.6) is 0 Å². The Hall–Kier alpha value is -0.200. The summed E-state index contributed by atoms with van der Waals surface area (Å²) in [4.78, 5) is 2.21. The fraction of sp³-hybridized carbons (Fsp3) is 1.00. The van der Waals surface area contributed by atoms with Crippen molar-refractivity contribution in [2.24, 2.45) is 5.73 Å². The van der Waals surface area contributed by atoms with Crippen LogP contribution in [0.15, 0.2) is 0 Å². The Labute approximate surface area is 97.5 Å². The van der Waals surface area contributed by atoms with Gasteiger partial charge in [-0.2, -0.15) is 0 Å². The van der Waals surface area contributed by atoms with E-state index in [1.165, 1.54) is 0 Å². The molecule has 1 aliphatic heterocycles. The van der Waals surface area contributed by atoms with Crippen LogP contribution < -0.4 is 5.73 Å². The van der Waals surface area contributed by atoms with Gasteiger partial charge >= 0.3 is 0 Å². The van der Waals surface area contributed by atoms with E-state index < -0.39 is 6.10 Å². The van der Waals surface area contributed by atoms with Crippen LogP contribution in [-0.4, -0.2) is 68.7 Å². The Morgan fingerprint density at radius 2 is 2.31 bits per heavy atom. The minimum atomic E-state index is -0.429. The molecule has 0 saturated carbocycles. The molecule has 0 bridgehead atoms. The van der Waals surface area contributed by atoms with E-state index in [0.717, 1.165) is 25.9 Å². The van der Waals surface area contributed by atoms with Crippen molar-refractivity contribution >= 4 is 0 Å². The molecular weight excluding hydrogens is 208 g/mol. The smallest absolute Gasteiger partial charge is 0.0900 e. The van der Waals surface area contributed by atoms with Crippen molar-refractivity contribution in [3.05, 3.63) is 0 Å². The van der Waals surface area contributed by atoms with Gasteiger partial charge in [0.15, 0.2) is 0 Å². The van der Waals surface area contributed by atoms with Gasteiger partial charge in [0.05, 0.1) is 25.9 Å². The molecule has 2 atom stereocenters. The zero-order valence-corrected chi connectivity index (χ0v) is 10.1. The topological polar surface area (TPSA) is 68.0 Å². The summed E-state index contributed by atoms with van der Waals surface area (Å²) in [5.74, 6) is 0. The van der Waals surface area contributed by atoms with E-state index in [2.05, 4.69) is 4.90 Å². The maximum Gasteiger partial charge on any atom is 0.0900 e. The number of aliphatic hydroxyl groups is 1. The van der Waals surface area contributed by atoms with Gasteiger partial charge in [-0.15, -0.1) is 0 Å². The number of nitrogens with two attached hydrogens (primary N) is 1. The SMILES string of the molecule is COCCOCC(O)CN1CCC[C@@H](N)C1. The monoisotopic (exact) mass is 232 g/mol. The number of nitrogens with zero attached hydrogens (tertiary/aromatic N) is 1. The van der Waals surface area contributed by atoms with Crippen LogP contribution in [0.1, 0.15) is 12.8 Å². The summed E-state index contributed by atoms with van der Waals surface area (Å²) in [5, 5.41) is 9.74. The van der Waals surface area contributed by atoms with E-state index in [1.807, 2.05) is 0 Å². The molecule has 5 heteroatoms. The first-order valence-corrected chi connectivity index (χ1v) is 5.95. The molecule has 16 heavy (non-hydrogen) atoms. The number of rotatable bonds is 7. The molecule has 1 aliphatic rings. The summed E-state index contributed by atoms with van der Waals surface area (Å²) >= 11 is 0. The first-order chi connectivity index (χ1) is 7.72. The first kappa shape index (κ1) is 13.9. The van der Waals surface area contributed by atoms with Crippen LogP contribution in [0.3, 0.4) is 0 Å². The maximum atomic E-state index is 9.74. The lowest BCUT2D eigenvalue weighted by atomic mass is 10.1. The summed E-state index contributed by atoms with van der Waals surface area (Å²) in [5.41, 5.74) is 5.87. The van der Waals surface area contributed by atoms with Gasteiger partial charge in [0.1, 0.15) is 0 Å². The van der Waals surface area contributed by atoms with Crippen molar-refractivity contribution < 1.29 is 14.6 Å². The van der Waals surface area contributed by atoms with Crippen LogP contribution in [-0.2, 0) is 9.47 Å². The van der Waals surface area contributed by atoms with E-state index in [9.17, 15) is 5.11 Å². The average Bonchev–Trinajstić information content (AvgIpc) is 2.24. The number of piperidine rings is 1. The van der Waals surface area contributed by atoms with Gasteiger partial charge in [-0.1, -0.05) is 0 Å². The average molecular weight is 232 g/mol. The molecule has 1 saturated heterocycles. The van der Waals surface area contributed by atoms with Crippen molar-refractivity contribution in [1.82, 2.24) is 4.90 Å². The van der Waals surface area contributed by atoms with Gasteiger partial charge in [-0.05, 0) is 19.4 Å². The lowest BCUT2D eigenvalue weighted by molar-refractivity contribution is -0.00352. The molecular formula is C11H24N2O3. The first-order valence-electron chi connectivity index (χ1n) is 5.95. The Balaban J connectivity index is 2.06. The van der Waals surface area contributed by atoms with Crippen LogP contribution in [0, 0.1) is 0 Å². The van der Waals surface area contributed by atoms with Crippen LogP contribution in [0.25, 0.3) is 0 Å². The predicted molar refractivity (Wildman–Crippen MR) is 62.4 cm³/mol. The highest BCUT2D eigenvalue weighted by Crippen LogP contribution is 2.08. The Bertz CT molecular complexity index is 181. The Kier molecular flexibility index (Phi) is 6.91.